The number of pyridine rings is 1. The van der Waals surface area contributed by atoms with Crippen molar-refractivity contribution in [3.63, 3.8) is 0 Å². The number of rotatable bonds is 8. The predicted octanol–water partition coefficient (Wildman–Crippen LogP) is 5.05. The maximum Gasteiger partial charge on any atom is 0.341 e. The number of hydrogen-bond acceptors (Lipinski definition) is 6. The molecule has 1 aromatic carbocycles. The van der Waals surface area contributed by atoms with E-state index in [1.54, 1.807) is 6.92 Å². The Bertz CT molecular complexity index is 1520. The highest BCUT2D eigenvalue weighted by Gasteiger charge is 2.31. The smallest absolute Gasteiger partial charge is 0.341 e. The summed E-state index contributed by atoms with van der Waals surface area (Å²) in [5.74, 6) is -0.0958. The van der Waals surface area contributed by atoms with Gasteiger partial charge in [0.25, 0.3) is 17.0 Å². The first-order valence-corrected chi connectivity index (χ1v) is 14.1. The van der Waals surface area contributed by atoms with Crippen LogP contribution in [0.1, 0.15) is 102 Å². The SMILES string of the molecule is CCn1nc(OS(=O)(=O)c2c(C(C)C)cc(C(C)C)cc2C(C)C)c2cn(C3CC3)c(=O)cc2c1=O. The number of aryl methyl sites for hydroxylation is 1. The molecule has 0 unspecified atom stereocenters. The van der Waals surface area contributed by atoms with Crippen LogP contribution in [0.3, 0.4) is 0 Å². The van der Waals surface area contributed by atoms with Gasteiger partial charge in [0, 0.05) is 24.8 Å². The zero-order valence-corrected chi connectivity index (χ0v) is 22.8. The third-order valence-corrected chi connectivity index (χ3v) is 8.09. The zero-order valence-electron chi connectivity index (χ0n) is 22.0. The van der Waals surface area contributed by atoms with Gasteiger partial charge in [-0.05, 0) is 54.2 Å². The van der Waals surface area contributed by atoms with Crippen molar-refractivity contribution in [2.24, 2.45) is 0 Å². The van der Waals surface area contributed by atoms with Gasteiger partial charge in [0.05, 0.1) is 10.8 Å². The highest BCUT2D eigenvalue weighted by atomic mass is 32.2. The van der Waals surface area contributed by atoms with Gasteiger partial charge in [0.1, 0.15) is 4.90 Å². The molecule has 0 N–H and O–H groups in total. The minimum atomic E-state index is -4.33. The molecule has 1 aliphatic carbocycles. The van der Waals surface area contributed by atoms with E-state index in [0.717, 1.165) is 23.1 Å². The molecule has 0 aliphatic heterocycles. The predicted molar refractivity (Wildman–Crippen MR) is 141 cm³/mol. The van der Waals surface area contributed by atoms with E-state index in [0.29, 0.717) is 11.1 Å². The lowest BCUT2D eigenvalue weighted by molar-refractivity contribution is 0.457. The molecule has 0 amide bonds. The van der Waals surface area contributed by atoms with Crippen LogP contribution in [0, 0.1) is 0 Å². The molecule has 2 heterocycles. The fraction of sp³-hybridized carbons (Fsp3) is 0.519. The van der Waals surface area contributed by atoms with Crippen molar-refractivity contribution in [1.82, 2.24) is 14.3 Å². The number of benzene rings is 1. The fourth-order valence-corrected chi connectivity index (χ4v) is 6.06. The van der Waals surface area contributed by atoms with Crippen LogP contribution in [0.4, 0.5) is 0 Å². The van der Waals surface area contributed by atoms with Crippen LogP contribution in [0.25, 0.3) is 10.8 Å². The van der Waals surface area contributed by atoms with Gasteiger partial charge < -0.3 is 8.75 Å². The van der Waals surface area contributed by atoms with Crippen molar-refractivity contribution < 1.29 is 12.6 Å². The lowest BCUT2D eigenvalue weighted by atomic mass is 9.89. The largest absolute Gasteiger partial charge is 0.356 e. The molecule has 0 saturated heterocycles. The molecular formula is C27H35N3O5S. The molecule has 194 valence electrons. The molecule has 1 saturated carbocycles. The number of fused-ring (bicyclic) bond motifs is 1. The molecule has 2 aromatic heterocycles. The van der Waals surface area contributed by atoms with Crippen LogP contribution >= 0.6 is 0 Å². The lowest BCUT2D eigenvalue weighted by Gasteiger charge is -2.22. The zero-order chi connectivity index (χ0) is 26.5. The second kappa shape index (κ2) is 9.50. The summed E-state index contributed by atoms with van der Waals surface area (Å²) in [6.45, 7) is 13.9. The molecule has 9 heteroatoms. The Kier molecular flexibility index (Phi) is 6.90. The van der Waals surface area contributed by atoms with Crippen molar-refractivity contribution in [2.75, 3.05) is 0 Å². The summed E-state index contributed by atoms with van der Waals surface area (Å²) < 4.78 is 36.3. The van der Waals surface area contributed by atoms with E-state index in [1.165, 1.54) is 16.8 Å². The van der Waals surface area contributed by atoms with Crippen LogP contribution in [0.15, 0.2) is 38.9 Å². The van der Waals surface area contributed by atoms with E-state index >= 15 is 0 Å². The Morgan fingerprint density at radius 2 is 1.53 bits per heavy atom. The Morgan fingerprint density at radius 1 is 0.944 bits per heavy atom. The quantitative estimate of drug-likeness (QED) is 0.391. The van der Waals surface area contributed by atoms with Crippen LogP contribution in [-0.2, 0) is 16.7 Å². The summed E-state index contributed by atoms with van der Waals surface area (Å²) >= 11 is 0. The van der Waals surface area contributed by atoms with E-state index in [1.807, 2.05) is 39.8 Å². The van der Waals surface area contributed by atoms with E-state index in [4.69, 9.17) is 4.18 Å². The number of aromatic nitrogens is 3. The summed E-state index contributed by atoms with van der Waals surface area (Å²) in [7, 11) is -4.33. The van der Waals surface area contributed by atoms with Crippen LogP contribution < -0.4 is 15.3 Å². The lowest BCUT2D eigenvalue weighted by Crippen LogP contribution is -2.27. The maximum atomic E-state index is 13.9. The van der Waals surface area contributed by atoms with Gasteiger partial charge in [-0.2, -0.15) is 8.42 Å². The Labute approximate surface area is 212 Å². The molecule has 0 atom stereocenters. The fourth-order valence-electron chi connectivity index (χ4n) is 4.48. The monoisotopic (exact) mass is 513 g/mol. The molecule has 0 spiro atoms. The molecule has 8 nitrogen and oxygen atoms in total. The summed E-state index contributed by atoms with van der Waals surface area (Å²) in [5, 5.41) is 4.58. The second-order valence-electron chi connectivity index (χ2n) is 10.5. The van der Waals surface area contributed by atoms with E-state index in [2.05, 4.69) is 18.9 Å². The highest BCUT2D eigenvalue weighted by molar-refractivity contribution is 7.87. The van der Waals surface area contributed by atoms with Gasteiger partial charge in [-0.15, -0.1) is 5.10 Å². The van der Waals surface area contributed by atoms with E-state index in [9.17, 15) is 18.0 Å². The first-order valence-electron chi connectivity index (χ1n) is 12.6. The Balaban J connectivity index is 1.97. The first kappa shape index (κ1) is 26.1. The van der Waals surface area contributed by atoms with Crippen LogP contribution in [0.2, 0.25) is 0 Å². The maximum absolute atomic E-state index is 13.9. The third-order valence-electron chi connectivity index (χ3n) is 6.75. The molecule has 1 fully saturated rings. The first-order chi connectivity index (χ1) is 16.9. The number of nitrogens with zero attached hydrogens (tertiary/aromatic N) is 3. The van der Waals surface area contributed by atoms with Crippen LogP contribution in [-0.4, -0.2) is 22.8 Å². The summed E-state index contributed by atoms with van der Waals surface area (Å²) in [6.07, 6.45) is 3.23. The van der Waals surface area contributed by atoms with E-state index < -0.39 is 15.7 Å². The van der Waals surface area contributed by atoms with Gasteiger partial charge in [-0.3, -0.25) is 9.59 Å². The standard InChI is InChI=1S/C27H35N3O5S/c1-8-30-27(32)22-13-24(31)29(19-9-10-19)14-23(22)26(28-30)35-36(33,34)25-20(16(4)5)11-18(15(2)3)12-21(25)17(6)7/h11-17,19H,8-10H2,1-7H3. The van der Waals surface area contributed by atoms with Crippen molar-refractivity contribution in [1.29, 1.82) is 0 Å². The topological polar surface area (TPSA) is 100 Å². The molecule has 1 aliphatic rings. The molecule has 0 bridgehead atoms. The summed E-state index contributed by atoms with van der Waals surface area (Å²) in [6, 6.07) is 5.20. The van der Waals surface area contributed by atoms with Crippen molar-refractivity contribution in [3.8, 4) is 5.88 Å². The Morgan fingerprint density at radius 3 is 2.00 bits per heavy atom. The van der Waals surface area contributed by atoms with Crippen molar-refractivity contribution in [2.45, 2.75) is 96.5 Å². The third kappa shape index (κ3) is 4.73. The second-order valence-corrected chi connectivity index (χ2v) is 12.0. The van der Waals surface area contributed by atoms with Crippen molar-refractivity contribution in [3.05, 3.63) is 61.8 Å². The molecule has 4 rings (SSSR count). The minimum Gasteiger partial charge on any atom is -0.356 e. The molecule has 3 aromatic rings. The van der Waals surface area contributed by atoms with Gasteiger partial charge >= 0.3 is 10.1 Å². The van der Waals surface area contributed by atoms with Gasteiger partial charge in [0.2, 0.25) is 0 Å². The van der Waals surface area contributed by atoms with Gasteiger partial charge in [-0.1, -0.05) is 53.7 Å². The van der Waals surface area contributed by atoms with Gasteiger partial charge in [-0.25, -0.2) is 4.68 Å². The number of hydrogen-bond donors (Lipinski definition) is 0. The summed E-state index contributed by atoms with van der Waals surface area (Å²) in [5.41, 5.74) is 1.70. The Hall–Kier alpha value is -2.94. The average Bonchev–Trinajstić information content (AvgIpc) is 3.64. The molecular weight excluding hydrogens is 478 g/mol. The highest BCUT2D eigenvalue weighted by Crippen LogP contribution is 2.38. The van der Waals surface area contributed by atoms with Crippen LogP contribution in [0.5, 0.6) is 5.88 Å². The summed E-state index contributed by atoms with van der Waals surface area (Å²) in [4.78, 5) is 25.7. The van der Waals surface area contributed by atoms with E-state index in [-0.39, 0.29) is 57.4 Å². The normalized spacial score (nSPS) is 14.4. The van der Waals surface area contributed by atoms with Crippen molar-refractivity contribution >= 4 is 20.9 Å². The minimum absolute atomic E-state index is 0.0450. The van der Waals surface area contributed by atoms with Gasteiger partial charge in [0.15, 0.2) is 0 Å². The average molecular weight is 514 g/mol. The molecule has 36 heavy (non-hydrogen) atoms. The molecule has 0 radical (unpaired) electrons.